The Morgan fingerprint density at radius 1 is 0.818 bits per heavy atom. The number of alkyl carbamates (subject to hydrolysis) is 1. The summed E-state index contributed by atoms with van der Waals surface area (Å²) in [5.41, 5.74) is 0. The van der Waals surface area contributed by atoms with Crippen molar-refractivity contribution in [1.29, 1.82) is 0 Å². The zero-order chi connectivity index (χ0) is 16.8. The van der Waals surface area contributed by atoms with E-state index < -0.39 is 6.16 Å². The van der Waals surface area contributed by atoms with Crippen molar-refractivity contribution in [1.82, 2.24) is 5.32 Å². The number of carbonyl (C=O) groups excluding carboxylic acids is 2. The summed E-state index contributed by atoms with van der Waals surface area (Å²) in [6, 6.07) is 0. The molecule has 0 saturated carbocycles. The van der Waals surface area contributed by atoms with Gasteiger partial charge in [0, 0.05) is 6.54 Å². The van der Waals surface area contributed by atoms with Crippen LogP contribution in [0, 0.1) is 11.8 Å². The first-order chi connectivity index (χ1) is 10.4. The van der Waals surface area contributed by atoms with Crippen molar-refractivity contribution in [2.24, 2.45) is 11.8 Å². The van der Waals surface area contributed by atoms with Crippen molar-refractivity contribution < 1.29 is 23.8 Å². The van der Waals surface area contributed by atoms with Crippen LogP contribution >= 0.6 is 0 Å². The second-order valence-electron chi connectivity index (χ2n) is 6.14. The second kappa shape index (κ2) is 13.2. The number of rotatable bonds is 11. The SMILES string of the molecule is CC(C)COC(=O)NCCCCCCOC(=O)OCC(C)C. The first-order valence-corrected chi connectivity index (χ1v) is 8.12. The van der Waals surface area contributed by atoms with E-state index in [0.29, 0.717) is 38.2 Å². The largest absolute Gasteiger partial charge is 0.508 e. The second-order valence-corrected chi connectivity index (χ2v) is 6.14. The van der Waals surface area contributed by atoms with E-state index in [4.69, 9.17) is 14.2 Å². The monoisotopic (exact) mass is 317 g/mol. The van der Waals surface area contributed by atoms with Crippen molar-refractivity contribution in [2.75, 3.05) is 26.4 Å². The molecule has 0 fully saturated rings. The van der Waals surface area contributed by atoms with Gasteiger partial charge in [-0.05, 0) is 31.1 Å². The Labute approximate surface area is 133 Å². The molecule has 0 radical (unpaired) electrons. The van der Waals surface area contributed by atoms with E-state index in [9.17, 15) is 9.59 Å². The fraction of sp³-hybridized carbons (Fsp3) is 0.875. The van der Waals surface area contributed by atoms with Gasteiger partial charge in [0.15, 0.2) is 0 Å². The number of hydrogen-bond donors (Lipinski definition) is 1. The molecule has 0 aromatic heterocycles. The maximum absolute atomic E-state index is 11.3. The minimum atomic E-state index is -0.594. The first kappa shape index (κ1) is 20.5. The van der Waals surface area contributed by atoms with Gasteiger partial charge in [0.25, 0.3) is 0 Å². The molecule has 0 aromatic rings. The minimum absolute atomic E-state index is 0.312. The van der Waals surface area contributed by atoms with Crippen LogP contribution in [0.15, 0.2) is 0 Å². The average Bonchev–Trinajstić information content (AvgIpc) is 2.45. The highest BCUT2D eigenvalue weighted by atomic mass is 16.7. The van der Waals surface area contributed by atoms with Crippen LogP contribution in [-0.4, -0.2) is 38.6 Å². The zero-order valence-corrected chi connectivity index (χ0v) is 14.4. The highest BCUT2D eigenvalue weighted by molar-refractivity contribution is 5.66. The van der Waals surface area contributed by atoms with Crippen molar-refractivity contribution in [3.05, 3.63) is 0 Å². The van der Waals surface area contributed by atoms with Crippen molar-refractivity contribution in [3.8, 4) is 0 Å². The first-order valence-electron chi connectivity index (χ1n) is 8.12. The Morgan fingerprint density at radius 2 is 1.41 bits per heavy atom. The van der Waals surface area contributed by atoms with Crippen LogP contribution in [0.5, 0.6) is 0 Å². The summed E-state index contributed by atoms with van der Waals surface area (Å²) >= 11 is 0. The lowest BCUT2D eigenvalue weighted by Gasteiger charge is -2.09. The number of ether oxygens (including phenoxy) is 3. The summed E-state index contributed by atoms with van der Waals surface area (Å²) in [7, 11) is 0. The fourth-order valence-electron chi connectivity index (χ4n) is 1.50. The summed E-state index contributed by atoms with van der Waals surface area (Å²) in [5.74, 6) is 0.658. The van der Waals surface area contributed by atoms with Gasteiger partial charge in [-0.2, -0.15) is 0 Å². The van der Waals surface area contributed by atoms with Gasteiger partial charge in [-0.25, -0.2) is 9.59 Å². The molecule has 130 valence electrons. The third kappa shape index (κ3) is 14.9. The van der Waals surface area contributed by atoms with Crippen LogP contribution in [-0.2, 0) is 14.2 Å². The Balaban J connectivity index is 3.30. The Bertz CT molecular complexity index is 275. The van der Waals surface area contributed by atoms with Gasteiger partial charge in [-0.15, -0.1) is 0 Å². The molecule has 0 aliphatic rings. The molecular weight excluding hydrogens is 286 g/mol. The lowest BCUT2D eigenvalue weighted by Crippen LogP contribution is -2.26. The van der Waals surface area contributed by atoms with Crippen molar-refractivity contribution >= 4 is 12.2 Å². The quantitative estimate of drug-likeness (QED) is 0.464. The van der Waals surface area contributed by atoms with Crippen LogP contribution in [0.4, 0.5) is 9.59 Å². The number of carbonyl (C=O) groups is 2. The van der Waals surface area contributed by atoms with E-state index in [1.54, 1.807) is 0 Å². The molecule has 6 nitrogen and oxygen atoms in total. The minimum Gasteiger partial charge on any atom is -0.449 e. The van der Waals surface area contributed by atoms with Crippen LogP contribution in [0.2, 0.25) is 0 Å². The van der Waals surface area contributed by atoms with Gasteiger partial charge in [-0.3, -0.25) is 0 Å². The third-order valence-electron chi connectivity index (χ3n) is 2.64. The predicted molar refractivity (Wildman–Crippen MR) is 84.8 cm³/mol. The van der Waals surface area contributed by atoms with E-state index in [2.05, 4.69) is 5.32 Å². The number of nitrogens with one attached hydrogen (secondary N) is 1. The van der Waals surface area contributed by atoms with E-state index >= 15 is 0 Å². The normalized spacial score (nSPS) is 10.6. The van der Waals surface area contributed by atoms with E-state index in [0.717, 1.165) is 25.7 Å². The predicted octanol–water partition coefficient (Wildman–Crippen LogP) is 3.74. The average molecular weight is 317 g/mol. The van der Waals surface area contributed by atoms with Gasteiger partial charge >= 0.3 is 12.2 Å². The molecule has 1 amide bonds. The highest BCUT2D eigenvalue weighted by Crippen LogP contribution is 2.01. The molecule has 0 saturated heterocycles. The van der Waals surface area contributed by atoms with Gasteiger partial charge in [0.05, 0.1) is 19.8 Å². The smallest absolute Gasteiger partial charge is 0.449 e. The maximum atomic E-state index is 11.3. The summed E-state index contributed by atoms with van der Waals surface area (Å²) in [5, 5.41) is 2.71. The molecule has 6 heteroatoms. The molecule has 1 N–H and O–H groups in total. The molecule has 0 aliphatic heterocycles. The van der Waals surface area contributed by atoms with Gasteiger partial charge in [0.2, 0.25) is 0 Å². The summed E-state index contributed by atoms with van der Waals surface area (Å²) in [6.45, 7) is 9.74. The summed E-state index contributed by atoms with van der Waals surface area (Å²) < 4.78 is 14.8. The van der Waals surface area contributed by atoms with E-state index in [-0.39, 0.29) is 6.09 Å². The zero-order valence-electron chi connectivity index (χ0n) is 14.4. The third-order valence-corrected chi connectivity index (χ3v) is 2.64. The summed E-state index contributed by atoms with van der Waals surface area (Å²) in [6.07, 6.45) is 2.64. The topological polar surface area (TPSA) is 73.9 Å². The lowest BCUT2D eigenvalue weighted by molar-refractivity contribution is 0.0464. The molecule has 22 heavy (non-hydrogen) atoms. The molecule has 0 rings (SSSR count). The molecule has 0 atom stereocenters. The number of unbranched alkanes of at least 4 members (excludes halogenated alkanes) is 3. The molecule has 0 bridgehead atoms. The van der Waals surface area contributed by atoms with E-state index in [1.165, 1.54) is 0 Å². The van der Waals surface area contributed by atoms with Gasteiger partial charge in [-0.1, -0.05) is 34.1 Å². The molecule has 0 unspecified atom stereocenters. The lowest BCUT2D eigenvalue weighted by atomic mass is 10.2. The summed E-state index contributed by atoms with van der Waals surface area (Å²) in [4.78, 5) is 22.4. The Kier molecular flexibility index (Phi) is 12.3. The maximum Gasteiger partial charge on any atom is 0.508 e. The molecule has 0 heterocycles. The Morgan fingerprint density at radius 3 is 2.05 bits per heavy atom. The fourth-order valence-corrected chi connectivity index (χ4v) is 1.50. The van der Waals surface area contributed by atoms with Crippen molar-refractivity contribution in [2.45, 2.75) is 53.4 Å². The Hall–Kier alpha value is -1.46. The van der Waals surface area contributed by atoms with Crippen LogP contribution < -0.4 is 5.32 Å². The van der Waals surface area contributed by atoms with Crippen molar-refractivity contribution in [3.63, 3.8) is 0 Å². The molecule has 0 spiro atoms. The highest BCUT2D eigenvalue weighted by Gasteiger charge is 2.05. The standard InChI is InChI=1S/C16H31NO5/c1-13(2)11-21-15(18)17-9-7-5-6-8-10-20-16(19)22-12-14(3)4/h13-14H,5-12H2,1-4H3,(H,17,18). The number of hydrogen-bond acceptors (Lipinski definition) is 5. The number of amides is 1. The molecular formula is C16H31NO5. The van der Waals surface area contributed by atoms with E-state index in [1.807, 2.05) is 27.7 Å². The molecule has 0 aromatic carbocycles. The van der Waals surface area contributed by atoms with Gasteiger partial charge < -0.3 is 19.5 Å². The van der Waals surface area contributed by atoms with Crippen LogP contribution in [0.1, 0.15) is 53.4 Å². The van der Waals surface area contributed by atoms with Crippen LogP contribution in [0.25, 0.3) is 0 Å². The molecule has 0 aliphatic carbocycles. The van der Waals surface area contributed by atoms with Gasteiger partial charge in [0.1, 0.15) is 0 Å². The van der Waals surface area contributed by atoms with Crippen LogP contribution in [0.3, 0.4) is 0 Å².